The molecule has 0 saturated heterocycles. The monoisotopic (exact) mass is 1230 g/mol. The van der Waals surface area contributed by atoms with E-state index in [0.717, 1.165) is 73.6 Å². The van der Waals surface area contributed by atoms with Crippen LogP contribution < -0.4 is 0 Å². The molecule has 0 amide bonds. The predicted octanol–water partition coefficient (Wildman–Crippen LogP) is 30.5. The van der Waals surface area contributed by atoms with Gasteiger partial charge in [-0.15, -0.1) is 0 Å². The summed E-state index contributed by atoms with van der Waals surface area (Å²) in [6, 6.07) is 9.39. The lowest BCUT2D eigenvalue weighted by Gasteiger charge is -2.16. The molecule has 0 aliphatic heterocycles. The molecular weight excluding hydrogens is 1070 g/mol. The van der Waals surface area contributed by atoms with E-state index >= 15 is 0 Å². The van der Waals surface area contributed by atoms with Gasteiger partial charge < -0.3 is 10.2 Å². The molecule has 0 aliphatic rings. The van der Waals surface area contributed by atoms with Crippen LogP contribution in [-0.4, -0.2) is 10.2 Å². The van der Waals surface area contributed by atoms with Crippen molar-refractivity contribution in [2.45, 2.75) is 474 Å². The maximum atomic E-state index is 12.0. The van der Waals surface area contributed by atoms with E-state index in [0.29, 0.717) is 11.5 Å². The summed E-state index contributed by atoms with van der Waals surface area (Å²) < 4.78 is 0. The van der Waals surface area contributed by atoms with Crippen molar-refractivity contribution in [1.29, 1.82) is 0 Å². The fourth-order valence-corrected chi connectivity index (χ4v) is 15.0. The standard InChI is InChI=1S/C84H154O2S/c1-5-9-13-17-21-25-29-33-37-41-45-49-53-57-61-65-69-77-73-81(74-78(83(77)85)70-66-62-58-54-50-46-42-38-34-30-26-22-18-14-10-6-2)87-82-75-79(71-67-63-59-55-51-47-43-39-35-31-27-23-19-15-11-7-3)84(86)80(76-82)72-68-64-60-56-52-48-44-40-36-32-28-24-20-16-12-8-4/h73-76,85-86H,5-72H2,1-4H3. The Labute approximate surface area is 550 Å². The zero-order valence-corrected chi connectivity index (χ0v) is 60.5. The Morgan fingerprint density at radius 3 is 0.425 bits per heavy atom. The van der Waals surface area contributed by atoms with Gasteiger partial charge in [-0.1, -0.05) is 425 Å². The Morgan fingerprint density at radius 1 is 0.184 bits per heavy atom. The third kappa shape index (κ3) is 50.6. The summed E-state index contributed by atoms with van der Waals surface area (Å²) in [7, 11) is 0. The minimum absolute atomic E-state index is 0.584. The average Bonchev–Trinajstić information content (AvgIpc) is 2.97. The molecule has 0 unspecified atom stereocenters. The zero-order chi connectivity index (χ0) is 62.2. The van der Waals surface area contributed by atoms with Crippen molar-refractivity contribution in [3.8, 4) is 11.5 Å². The highest BCUT2D eigenvalue weighted by atomic mass is 32.2. The van der Waals surface area contributed by atoms with E-state index in [2.05, 4.69) is 52.0 Å². The molecule has 508 valence electrons. The largest absolute Gasteiger partial charge is 0.507 e. The highest BCUT2D eigenvalue weighted by molar-refractivity contribution is 7.99. The third-order valence-electron chi connectivity index (χ3n) is 19.9. The number of rotatable bonds is 70. The summed E-state index contributed by atoms with van der Waals surface area (Å²) in [4.78, 5) is 2.55. The Morgan fingerprint density at radius 2 is 0.299 bits per heavy atom. The van der Waals surface area contributed by atoms with Gasteiger partial charge in [0.1, 0.15) is 11.5 Å². The van der Waals surface area contributed by atoms with E-state index in [1.165, 1.54) is 395 Å². The molecule has 2 rings (SSSR count). The summed E-state index contributed by atoms with van der Waals surface area (Å²) in [6.45, 7) is 9.25. The summed E-state index contributed by atoms with van der Waals surface area (Å²) in [5, 5.41) is 23.9. The van der Waals surface area contributed by atoms with Gasteiger partial charge >= 0.3 is 0 Å². The van der Waals surface area contributed by atoms with Gasteiger partial charge in [0.05, 0.1) is 0 Å². The molecule has 0 saturated carbocycles. The first-order valence-corrected chi connectivity index (χ1v) is 41.2. The highest BCUT2D eigenvalue weighted by Gasteiger charge is 2.16. The van der Waals surface area contributed by atoms with Crippen LogP contribution in [0.2, 0.25) is 0 Å². The van der Waals surface area contributed by atoms with Gasteiger partial charge in [-0.05, 0) is 97.9 Å². The maximum absolute atomic E-state index is 12.0. The molecule has 2 aromatic rings. The molecule has 0 heterocycles. The van der Waals surface area contributed by atoms with Crippen LogP contribution in [-0.2, 0) is 25.7 Å². The molecule has 0 atom stereocenters. The van der Waals surface area contributed by atoms with E-state index < -0.39 is 0 Å². The molecule has 3 heteroatoms. The number of phenols is 2. The Kier molecular flexibility index (Phi) is 60.4. The van der Waals surface area contributed by atoms with E-state index in [4.69, 9.17) is 0 Å². The van der Waals surface area contributed by atoms with Gasteiger partial charge in [-0.2, -0.15) is 0 Å². The topological polar surface area (TPSA) is 40.5 Å². The lowest BCUT2D eigenvalue weighted by atomic mass is 9.98. The number of benzene rings is 2. The molecule has 0 aromatic heterocycles. The van der Waals surface area contributed by atoms with Crippen molar-refractivity contribution in [2.24, 2.45) is 0 Å². The highest BCUT2D eigenvalue weighted by Crippen LogP contribution is 2.39. The molecule has 2 aromatic carbocycles. The van der Waals surface area contributed by atoms with Crippen molar-refractivity contribution in [1.82, 2.24) is 0 Å². The van der Waals surface area contributed by atoms with Gasteiger partial charge in [0.2, 0.25) is 0 Å². The van der Waals surface area contributed by atoms with Crippen LogP contribution in [0.15, 0.2) is 34.1 Å². The number of hydrogen-bond acceptors (Lipinski definition) is 3. The van der Waals surface area contributed by atoms with Crippen LogP contribution in [0.5, 0.6) is 11.5 Å². The summed E-state index contributed by atoms with van der Waals surface area (Å²) in [5.41, 5.74) is 4.66. The molecule has 2 N–H and O–H groups in total. The minimum Gasteiger partial charge on any atom is -0.507 e. The number of hydrogen-bond donors (Lipinski definition) is 2. The first-order valence-electron chi connectivity index (χ1n) is 40.4. The Bertz CT molecular complexity index is 1480. The maximum Gasteiger partial charge on any atom is 0.122 e. The number of unbranched alkanes of at least 4 members (excludes halogenated alkanes) is 60. The molecular formula is C84H154O2S. The van der Waals surface area contributed by atoms with Gasteiger partial charge in [0.15, 0.2) is 0 Å². The van der Waals surface area contributed by atoms with Crippen LogP contribution in [0.4, 0.5) is 0 Å². The molecule has 2 nitrogen and oxygen atoms in total. The third-order valence-corrected chi connectivity index (χ3v) is 20.9. The summed E-state index contributed by atoms with van der Waals surface area (Å²) >= 11 is 1.90. The summed E-state index contributed by atoms with van der Waals surface area (Å²) in [5.74, 6) is 1.17. The van der Waals surface area contributed by atoms with Crippen LogP contribution in [0.1, 0.15) is 461 Å². The normalized spacial score (nSPS) is 11.7. The van der Waals surface area contributed by atoms with Crippen LogP contribution in [0.3, 0.4) is 0 Å². The van der Waals surface area contributed by atoms with E-state index in [9.17, 15) is 10.2 Å². The van der Waals surface area contributed by atoms with Gasteiger partial charge in [0.25, 0.3) is 0 Å². The fraction of sp³-hybridized carbons (Fsp3) is 0.857. The Balaban J connectivity index is 2.03. The lowest BCUT2D eigenvalue weighted by Crippen LogP contribution is -1.97. The van der Waals surface area contributed by atoms with Crippen molar-refractivity contribution in [3.63, 3.8) is 0 Å². The predicted molar refractivity (Wildman–Crippen MR) is 393 cm³/mol. The molecule has 0 aliphatic carbocycles. The zero-order valence-electron chi connectivity index (χ0n) is 59.7. The van der Waals surface area contributed by atoms with E-state index in [1.807, 2.05) is 11.8 Å². The average molecular weight is 1230 g/mol. The second-order valence-electron chi connectivity index (χ2n) is 28.5. The first-order chi connectivity index (χ1) is 43.0. The lowest BCUT2D eigenvalue weighted by molar-refractivity contribution is 0.455. The van der Waals surface area contributed by atoms with Crippen LogP contribution >= 0.6 is 11.8 Å². The Hall–Kier alpha value is -1.61. The SMILES string of the molecule is CCCCCCCCCCCCCCCCCCc1cc(Sc2cc(CCCCCCCCCCCCCCCCCC)c(O)c(CCCCCCCCCCCCCCCCCC)c2)cc(CCCCCCCCCCCCCCCCCC)c1O. The quantitative estimate of drug-likeness (QED) is 0.0649. The van der Waals surface area contributed by atoms with Gasteiger partial charge in [-0.25, -0.2) is 0 Å². The minimum atomic E-state index is 0.584. The van der Waals surface area contributed by atoms with E-state index in [-0.39, 0.29) is 0 Å². The molecule has 0 fully saturated rings. The summed E-state index contributed by atoms with van der Waals surface area (Å²) in [6.07, 6.45) is 92.4. The van der Waals surface area contributed by atoms with Gasteiger partial charge in [0, 0.05) is 9.79 Å². The smallest absolute Gasteiger partial charge is 0.122 e. The number of phenolic OH excluding ortho intramolecular Hbond substituents is 2. The molecule has 0 spiro atoms. The van der Waals surface area contributed by atoms with Crippen molar-refractivity contribution in [3.05, 3.63) is 46.5 Å². The van der Waals surface area contributed by atoms with Crippen molar-refractivity contribution in [2.75, 3.05) is 0 Å². The first kappa shape index (κ1) is 81.5. The number of aryl methyl sites for hydroxylation is 4. The van der Waals surface area contributed by atoms with Crippen LogP contribution in [0, 0.1) is 0 Å². The second-order valence-corrected chi connectivity index (χ2v) is 29.6. The van der Waals surface area contributed by atoms with Crippen molar-refractivity contribution < 1.29 is 10.2 Å². The number of aromatic hydroxyl groups is 2. The molecule has 0 bridgehead atoms. The van der Waals surface area contributed by atoms with Crippen molar-refractivity contribution >= 4 is 11.8 Å². The molecule has 0 radical (unpaired) electrons. The van der Waals surface area contributed by atoms with E-state index in [1.54, 1.807) is 0 Å². The van der Waals surface area contributed by atoms with Crippen LogP contribution in [0.25, 0.3) is 0 Å². The second kappa shape index (κ2) is 64.5. The fourth-order valence-electron chi connectivity index (χ4n) is 13.9. The molecule has 87 heavy (non-hydrogen) atoms. The van der Waals surface area contributed by atoms with Gasteiger partial charge in [-0.3, -0.25) is 0 Å².